The third-order valence-electron chi connectivity index (χ3n) is 3.31. The molecule has 5 heteroatoms. The zero-order chi connectivity index (χ0) is 15.7. The first kappa shape index (κ1) is 17.5. The Balaban J connectivity index is 2.20. The van der Waals surface area contributed by atoms with E-state index < -0.39 is 6.10 Å². The maximum absolute atomic E-state index is 11.6. The predicted octanol–water partition coefficient (Wildman–Crippen LogP) is 1.73. The number of amides is 1. The predicted molar refractivity (Wildman–Crippen MR) is 81.1 cm³/mol. The molecule has 0 aliphatic carbocycles. The van der Waals surface area contributed by atoms with Gasteiger partial charge in [-0.3, -0.25) is 4.79 Å². The van der Waals surface area contributed by atoms with Gasteiger partial charge in [-0.1, -0.05) is 26.0 Å². The van der Waals surface area contributed by atoms with Crippen molar-refractivity contribution >= 4 is 5.91 Å². The van der Waals surface area contributed by atoms with Gasteiger partial charge in [0.1, 0.15) is 5.75 Å². The minimum absolute atomic E-state index is 0.0302. The summed E-state index contributed by atoms with van der Waals surface area (Å²) in [5.74, 6) is 0.732. The normalized spacial score (nSPS) is 13.5. The molecule has 0 heterocycles. The van der Waals surface area contributed by atoms with E-state index in [4.69, 9.17) is 9.47 Å². The molecule has 1 rings (SSSR count). The topological polar surface area (TPSA) is 67.8 Å². The minimum atomic E-state index is -0.698. The quantitative estimate of drug-likeness (QED) is 0.728. The average Bonchev–Trinajstić information content (AvgIpc) is 2.52. The maximum atomic E-state index is 11.6. The molecule has 118 valence electrons. The van der Waals surface area contributed by atoms with Gasteiger partial charge < -0.3 is 19.9 Å². The Morgan fingerprint density at radius 3 is 2.57 bits per heavy atom. The number of aliphatic hydroxyl groups is 1. The van der Waals surface area contributed by atoms with Gasteiger partial charge in [0.25, 0.3) is 0 Å². The highest BCUT2D eigenvalue weighted by atomic mass is 16.5. The SMILES string of the molecule is CCC(C)C(=O)NCC(O)COCc1ccc(OC)cc1. The lowest BCUT2D eigenvalue weighted by Crippen LogP contribution is -2.37. The molecule has 2 unspecified atom stereocenters. The first-order valence-corrected chi connectivity index (χ1v) is 7.23. The summed E-state index contributed by atoms with van der Waals surface area (Å²) < 4.78 is 10.5. The van der Waals surface area contributed by atoms with E-state index in [0.29, 0.717) is 6.61 Å². The lowest BCUT2D eigenvalue weighted by molar-refractivity contribution is -0.125. The smallest absolute Gasteiger partial charge is 0.222 e. The van der Waals surface area contributed by atoms with Crippen LogP contribution in [-0.4, -0.2) is 37.4 Å². The monoisotopic (exact) mass is 295 g/mol. The van der Waals surface area contributed by atoms with Crippen molar-refractivity contribution < 1.29 is 19.4 Å². The van der Waals surface area contributed by atoms with Crippen LogP contribution < -0.4 is 10.1 Å². The fraction of sp³-hybridized carbons (Fsp3) is 0.562. The van der Waals surface area contributed by atoms with Crippen LogP contribution in [0.15, 0.2) is 24.3 Å². The van der Waals surface area contributed by atoms with E-state index in [-0.39, 0.29) is 25.0 Å². The minimum Gasteiger partial charge on any atom is -0.497 e. The fourth-order valence-corrected chi connectivity index (χ4v) is 1.67. The first-order valence-electron chi connectivity index (χ1n) is 7.23. The summed E-state index contributed by atoms with van der Waals surface area (Å²) in [5, 5.41) is 12.5. The van der Waals surface area contributed by atoms with Crippen molar-refractivity contribution in [2.45, 2.75) is 33.0 Å². The molecule has 0 aliphatic rings. The molecule has 0 saturated heterocycles. The van der Waals surface area contributed by atoms with Crippen LogP contribution in [0, 0.1) is 5.92 Å². The standard InChI is InChI=1S/C16H25NO4/c1-4-12(2)16(19)17-9-14(18)11-21-10-13-5-7-15(20-3)8-6-13/h5-8,12,14,18H,4,9-11H2,1-3H3,(H,17,19). The summed E-state index contributed by atoms with van der Waals surface area (Å²) in [7, 11) is 1.62. The number of methoxy groups -OCH3 is 1. The van der Waals surface area contributed by atoms with Gasteiger partial charge in [0, 0.05) is 12.5 Å². The summed E-state index contributed by atoms with van der Waals surface area (Å²) in [6.07, 6.45) is 0.0897. The summed E-state index contributed by atoms with van der Waals surface area (Å²) in [5.41, 5.74) is 1.01. The third-order valence-corrected chi connectivity index (χ3v) is 3.31. The van der Waals surface area contributed by atoms with Crippen LogP contribution in [0.1, 0.15) is 25.8 Å². The van der Waals surface area contributed by atoms with Crippen LogP contribution in [-0.2, 0) is 16.1 Å². The Bertz CT molecular complexity index is 419. The highest BCUT2D eigenvalue weighted by Crippen LogP contribution is 2.11. The molecule has 0 bridgehead atoms. The van der Waals surface area contributed by atoms with Crippen molar-refractivity contribution in [3.05, 3.63) is 29.8 Å². The van der Waals surface area contributed by atoms with Crippen molar-refractivity contribution in [1.29, 1.82) is 0 Å². The third kappa shape index (κ3) is 6.60. The number of hydrogen-bond donors (Lipinski definition) is 2. The van der Waals surface area contributed by atoms with Gasteiger partial charge in [0.05, 0.1) is 26.4 Å². The van der Waals surface area contributed by atoms with Crippen LogP contribution in [0.3, 0.4) is 0 Å². The van der Waals surface area contributed by atoms with Crippen LogP contribution in [0.2, 0.25) is 0 Å². The molecule has 0 spiro atoms. The summed E-state index contributed by atoms with van der Waals surface area (Å²) in [6, 6.07) is 7.55. The average molecular weight is 295 g/mol. The van der Waals surface area contributed by atoms with Gasteiger partial charge in [0.2, 0.25) is 5.91 Å². The molecular formula is C16H25NO4. The summed E-state index contributed by atoms with van der Waals surface area (Å²) in [6.45, 7) is 4.64. The molecule has 0 saturated carbocycles. The zero-order valence-electron chi connectivity index (χ0n) is 13.0. The van der Waals surface area contributed by atoms with Crippen molar-refractivity contribution in [2.24, 2.45) is 5.92 Å². The number of rotatable bonds is 9. The number of ether oxygens (including phenoxy) is 2. The molecule has 5 nitrogen and oxygen atoms in total. The molecule has 0 aromatic heterocycles. The number of carbonyl (C=O) groups excluding carboxylic acids is 1. The van der Waals surface area contributed by atoms with Crippen LogP contribution in [0.5, 0.6) is 5.75 Å². The van der Waals surface area contributed by atoms with Gasteiger partial charge >= 0.3 is 0 Å². The van der Waals surface area contributed by atoms with E-state index in [1.54, 1.807) is 7.11 Å². The van der Waals surface area contributed by atoms with E-state index in [9.17, 15) is 9.90 Å². The van der Waals surface area contributed by atoms with Crippen molar-refractivity contribution in [3.63, 3.8) is 0 Å². The maximum Gasteiger partial charge on any atom is 0.222 e. The van der Waals surface area contributed by atoms with Crippen LogP contribution >= 0.6 is 0 Å². The van der Waals surface area contributed by atoms with Gasteiger partial charge in [-0.05, 0) is 24.1 Å². The van der Waals surface area contributed by atoms with E-state index >= 15 is 0 Å². The summed E-state index contributed by atoms with van der Waals surface area (Å²) >= 11 is 0. The number of hydrogen-bond acceptors (Lipinski definition) is 4. The van der Waals surface area contributed by atoms with E-state index in [2.05, 4.69) is 5.32 Å². The Kier molecular flexibility index (Phi) is 7.79. The molecule has 0 aliphatic heterocycles. The van der Waals surface area contributed by atoms with Crippen LogP contribution in [0.4, 0.5) is 0 Å². The first-order chi connectivity index (χ1) is 10.1. The number of nitrogens with one attached hydrogen (secondary N) is 1. The summed E-state index contributed by atoms with van der Waals surface area (Å²) in [4.78, 5) is 11.6. The zero-order valence-corrected chi connectivity index (χ0v) is 13.0. The number of benzene rings is 1. The lowest BCUT2D eigenvalue weighted by Gasteiger charge is -2.14. The molecule has 0 fully saturated rings. The second kappa shape index (κ2) is 9.37. The van der Waals surface area contributed by atoms with E-state index in [0.717, 1.165) is 17.7 Å². The second-order valence-electron chi connectivity index (χ2n) is 5.07. The number of aliphatic hydroxyl groups excluding tert-OH is 1. The van der Waals surface area contributed by atoms with Crippen molar-refractivity contribution in [2.75, 3.05) is 20.3 Å². The molecule has 1 aromatic carbocycles. The largest absolute Gasteiger partial charge is 0.497 e. The molecule has 21 heavy (non-hydrogen) atoms. The Hall–Kier alpha value is -1.59. The van der Waals surface area contributed by atoms with Gasteiger partial charge in [0.15, 0.2) is 0 Å². The van der Waals surface area contributed by atoms with Crippen molar-refractivity contribution in [1.82, 2.24) is 5.32 Å². The lowest BCUT2D eigenvalue weighted by atomic mass is 10.1. The molecular weight excluding hydrogens is 270 g/mol. The number of carbonyl (C=O) groups is 1. The highest BCUT2D eigenvalue weighted by Gasteiger charge is 2.12. The Morgan fingerprint density at radius 1 is 1.33 bits per heavy atom. The molecule has 1 aromatic rings. The fourth-order valence-electron chi connectivity index (χ4n) is 1.67. The second-order valence-corrected chi connectivity index (χ2v) is 5.07. The molecule has 2 N–H and O–H groups in total. The Morgan fingerprint density at radius 2 is 2.00 bits per heavy atom. The van der Waals surface area contributed by atoms with Gasteiger partial charge in [-0.15, -0.1) is 0 Å². The molecule has 0 radical (unpaired) electrons. The molecule has 1 amide bonds. The highest BCUT2D eigenvalue weighted by molar-refractivity contribution is 5.78. The van der Waals surface area contributed by atoms with Crippen molar-refractivity contribution in [3.8, 4) is 5.75 Å². The van der Waals surface area contributed by atoms with Crippen LogP contribution in [0.25, 0.3) is 0 Å². The van der Waals surface area contributed by atoms with Gasteiger partial charge in [-0.25, -0.2) is 0 Å². The van der Waals surface area contributed by atoms with E-state index in [1.165, 1.54) is 0 Å². The van der Waals surface area contributed by atoms with Gasteiger partial charge in [-0.2, -0.15) is 0 Å². The Labute approximate surface area is 126 Å². The molecule has 2 atom stereocenters. The van der Waals surface area contributed by atoms with E-state index in [1.807, 2.05) is 38.1 Å².